The average Bonchev–Trinajstić information content (AvgIpc) is 3.10. The van der Waals surface area contributed by atoms with Crippen LogP contribution in [0.15, 0.2) is 48.5 Å². The highest BCUT2D eigenvalue weighted by atomic mass is 16.5. The van der Waals surface area contributed by atoms with Crippen molar-refractivity contribution in [1.82, 2.24) is 0 Å². The molecular weight excluding hydrogens is 388 g/mol. The van der Waals surface area contributed by atoms with Gasteiger partial charge < -0.3 is 24.8 Å². The van der Waals surface area contributed by atoms with Gasteiger partial charge in [-0.2, -0.15) is 0 Å². The standard InChI is InChI=1S/C25H34N4O2/c1-31-24-9-5-4-8-23(24)29-18-16-27(17-19-29)20-25(30)26-21-10-12-22(13-11-21)28-14-6-2-3-7-15-28/h4-5,8-13H,2-3,6-7,14-20H2,1H3,(H,26,30)/p+1. The van der Waals surface area contributed by atoms with E-state index < -0.39 is 0 Å². The van der Waals surface area contributed by atoms with Gasteiger partial charge in [0.15, 0.2) is 6.54 Å². The Kier molecular flexibility index (Phi) is 7.30. The monoisotopic (exact) mass is 423 g/mol. The highest BCUT2D eigenvalue weighted by molar-refractivity contribution is 5.91. The fourth-order valence-corrected chi connectivity index (χ4v) is 4.65. The summed E-state index contributed by atoms with van der Waals surface area (Å²) in [5.41, 5.74) is 3.28. The number of para-hydroxylation sites is 2. The van der Waals surface area contributed by atoms with E-state index in [1.807, 2.05) is 30.3 Å². The maximum absolute atomic E-state index is 12.6. The van der Waals surface area contributed by atoms with Crippen LogP contribution in [0.5, 0.6) is 5.75 Å². The van der Waals surface area contributed by atoms with Gasteiger partial charge in [0.1, 0.15) is 5.75 Å². The van der Waals surface area contributed by atoms with Crippen LogP contribution in [0.2, 0.25) is 0 Å². The van der Waals surface area contributed by atoms with Crippen LogP contribution in [0.3, 0.4) is 0 Å². The number of piperazine rings is 1. The molecule has 4 rings (SSSR count). The van der Waals surface area contributed by atoms with Crippen LogP contribution in [-0.2, 0) is 4.79 Å². The van der Waals surface area contributed by atoms with E-state index in [4.69, 9.17) is 4.74 Å². The minimum Gasteiger partial charge on any atom is -0.495 e. The first-order chi connectivity index (χ1) is 15.2. The Morgan fingerprint density at radius 1 is 0.903 bits per heavy atom. The van der Waals surface area contributed by atoms with Crippen molar-refractivity contribution in [3.05, 3.63) is 48.5 Å². The largest absolute Gasteiger partial charge is 0.495 e. The Hall–Kier alpha value is -2.73. The lowest BCUT2D eigenvalue weighted by atomic mass is 10.2. The second-order valence-corrected chi connectivity index (χ2v) is 8.58. The molecule has 0 saturated carbocycles. The number of hydrogen-bond donors (Lipinski definition) is 2. The summed E-state index contributed by atoms with van der Waals surface area (Å²) in [6.07, 6.45) is 5.21. The lowest BCUT2D eigenvalue weighted by Gasteiger charge is -2.34. The minimum absolute atomic E-state index is 0.0864. The highest BCUT2D eigenvalue weighted by Crippen LogP contribution is 2.27. The topological polar surface area (TPSA) is 49.3 Å². The summed E-state index contributed by atoms with van der Waals surface area (Å²) in [6.45, 7) is 6.51. The minimum atomic E-state index is 0.0864. The van der Waals surface area contributed by atoms with Gasteiger partial charge in [-0.25, -0.2) is 0 Å². The summed E-state index contributed by atoms with van der Waals surface area (Å²) in [7, 11) is 1.71. The number of carbonyl (C=O) groups is 1. The van der Waals surface area contributed by atoms with E-state index in [-0.39, 0.29) is 5.91 Å². The van der Waals surface area contributed by atoms with Gasteiger partial charge in [-0.15, -0.1) is 0 Å². The molecule has 2 fully saturated rings. The molecule has 0 bridgehead atoms. The molecule has 0 aromatic heterocycles. The fraction of sp³-hybridized carbons (Fsp3) is 0.480. The molecule has 0 atom stereocenters. The summed E-state index contributed by atoms with van der Waals surface area (Å²) in [6, 6.07) is 16.5. The zero-order valence-electron chi connectivity index (χ0n) is 18.6. The molecule has 0 spiro atoms. The van der Waals surface area contributed by atoms with Crippen LogP contribution in [0.25, 0.3) is 0 Å². The number of anilines is 3. The molecule has 6 nitrogen and oxygen atoms in total. The molecule has 0 radical (unpaired) electrons. The van der Waals surface area contributed by atoms with Crippen molar-refractivity contribution >= 4 is 23.0 Å². The molecule has 2 saturated heterocycles. The van der Waals surface area contributed by atoms with E-state index in [2.05, 4.69) is 33.3 Å². The normalized spacial score (nSPS) is 17.8. The maximum atomic E-state index is 12.6. The van der Waals surface area contributed by atoms with Crippen molar-refractivity contribution in [2.24, 2.45) is 0 Å². The number of ether oxygens (including phenoxy) is 1. The Morgan fingerprint density at radius 2 is 1.58 bits per heavy atom. The third kappa shape index (κ3) is 5.70. The summed E-state index contributed by atoms with van der Waals surface area (Å²) < 4.78 is 5.49. The van der Waals surface area contributed by atoms with Crippen LogP contribution >= 0.6 is 0 Å². The van der Waals surface area contributed by atoms with E-state index in [1.165, 1.54) is 36.3 Å². The number of nitrogens with one attached hydrogen (secondary N) is 2. The predicted octanol–water partition coefficient (Wildman–Crippen LogP) is 2.42. The number of rotatable bonds is 6. The van der Waals surface area contributed by atoms with Gasteiger partial charge in [-0.1, -0.05) is 25.0 Å². The second kappa shape index (κ2) is 10.5. The molecule has 2 aliphatic rings. The first-order valence-corrected chi connectivity index (χ1v) is 11.6. The SMILES string of the molecule is COc1ccccc1N1CC[NH+](CC(=O)Nc2ccc(N3CCCCCC3)cc2)CC1. The number of quaternary nitrogens is 1. The van der Waals surface area contributed by atoms with Crippen LogP contribution in [0.1, 0.15) is 25.7 Å². The summed E-state index contributed by atoms with van der Waals surface area (Å²) in [5.74, 6) is 0.996. The quantitative estimate of drug-likeness (QED) is 0.749. The van der Waals surface area contributed by atoms with E-state index in [9.17, 15) is 4.79 Å². The van der Waals surface area contributed by atoms with Crippen molar-refractivity contribution in [2.45, 2.75) is 25.7 Å². The Balaban J connectivity index is 1.25. The predicted molar refractivity (Wildman–Crippen MR) is 127 cm³/mol. The van der Waals surface area contributed by atoms with Crippen LogP contribution in [-0.4, -0.2) is 58.8 Å². The van der Waals surface area contributed by atoms with Crippen molar-refractivity contribution in [3.8, 4) is 5.75 Å². The smallest absolute Gasteiger partial charge is 0.279 e. The highest BCUT2D eigenvalue weighted by Gasteiger charge is 2.24. The van der Waals surface area contributed by atoms with Gasteiger partial charge in [0, 0.05) is 24.5 Å². The third-order valence-electron chi connectivity index (χ3n) is 6.43. The second-order valence-electron chi connectivity index (χ2n) is 8.58. The Morgan fingerprint density at radius 3 is 2.26 bits per heavy atom. The average molecular weight is 424 g/mol. The van der Waals surface area contributed by atoms with Crippen LogP contribution < -0.4 is 24.8 Å². The van der Waals surface area contributed by atoms with E-state index >= 15 is 0 Å². The Labute approximate surface area is 185 Å². The third-order valence-corrected chi connectivity index (χ3v) is 6.43. The number of carbonyl (C=O) groups excluding carboxylic acids is 1. The molecule has 0 unspecified atom stereocenters. The molecule has 2 aromatic carbocycles. The molecule has 2 heterocycles. The van der Waals surface area contributed by atoms with Gasteiger partial charge in [0.25, 0.3) is 5.91 Å². The number of benzene rings is 2. The summed E-state index contributed by atoms with van der Waals surface area (Å²) >= 11 is 0. The summed E-state index contributed by atoms with van der Waals surface area (Å²) in [4.78, 5) is 18.7. The van der Waals surface area contributed by atoms with Crippen molar-refractivity contribution in [1.29, 1.82) is 0 Å². The number of nitrogens with zero attached hydrogens (tertiary/aromatic N) is 2. The first-order valence-electron chi connectivity index (χ1n) is 11.6. The maximum Gasteiger partial charge on any atom is 0.279 e. The number of methoxy groups -OCH3 is 1. The molecule has 2 aliphatic heterocycles. The fourth-order valence-electron chi connectivity index (χ4n) is 4.65. The molecule has 2 aromatic rings. The van der Waals surface area contributed by atoms with Crippen molar-refractivity contribution in [2.75, 3.05) is 68.0 Å². The van der Waals surface area contributed by atoms with Gasteiger partial charge in [-0.05, 0) is 49.2 Å². The number of hydrogen-bond acceptors (Lipinski definition) is 4. The first kappa shape index (κ1) is 21.5. The molecule has 166 valence electrons. The van der Waals surface area contributed by atoms with E-state index in [0.29, 0.717) is 6.54 Å². The van der Waals surface area contributed by atoms with E-state index in [0.717, 1.165) is 56.4 Å². The van der Waals surface area contributed by atoms with Crippen molar-refractivity contribution < 1.29 is 14.4 Å². The van der Waals surface area contributed by atoms with Gasteiger partial charge in [0.2, 0.25) is 0 Å². The number of amides is 1. The van der Waals surface area contributed by atoms with Gasteiger partial charge in [0.05, 0.1) is 39.0 Å². The molecule has 31 heavy (non-hydrogen) atoms. The molecule has 6 heteroatoms. The lowest BCUT2D eigenvalue weighted by Crippen LogP contribution is -3.15. The van der Waals surface area contributed by atoms with Gasteiger partial charge in [-0.3, -0.25) is 4.79 Å². The van der Waals surface area contributed by atoms with Crippen LogP contribution in [0, 0.1) is 0 Å². The molecule has 2 N–H and O–H groups in total. The zero-order chi connectivity index (χ0) is 21.5. The van der Waals surface area contributed by atoms with E-state index in [1.54, 1.807) is 7.11 Å². The summed E-state index contributed by atoms with van der Waals surface area (Å²) in [5, 5.41) is 3.08. The van der Waals surface area contributed by atoms with Gasteiger partial charge >= 0.3 is 0 Å². The molecule has 1 amide bonds. The van der Waals surface area contributed by atoms with Crippen LogP contribution in [0.4, 0.5) is 17.1 Å². The Bertz CT molecular complexity index is 839. The molecule has 0 aliphatic carbocycles. The van der Waals surface area contributed by atoms with Crippen molar-refractivity contribution in [3.63, 3.8) is 0 Å². The zero-order valence-corrected chi connectivity index (χ0v) is 18.6. The lowest BCUT2D eigenvalue weighted by molar-refractivity contribution is -0.892. The molecular formula is C25H35N4O2+.